The number of hydrogen-bond donors (Lipinski definition) is 2. The van der Waals surface area contributed by atoms with Crippen LogP contribution in [0.3, 0.4) is 0 Å². The smallest absolute Gasteiger partial charge is 0.151 e. The maximum atomic E-state index is 8.89. The second-order valence-electron chi connectivity index (χ2n) is 3.81. The molecule has 0 bridgehead atoms. The van der Waals surface area contributed by atoms with Gasteiger partial charge in [0.25, 0.3) is 0 Å². The summed E-state index contributed by atoms with van der Waals surface area (Å²) >= 11 is 0. The Kier molecular flexibility index (Phi) is 3.39. The molecule has 0 spiro atoms. The summed E-state index contributed by atoms with van der Waals surface area (Å²) in [5.74, 6) is 1.33. The van der Waals surface area contributed by atoms with Crippen LogP contribution in [0, 0.1) is 18.3 Å². The third-order valence-electron chi connectivity index (χ3n) is 2.52. The van der Waals surface area contributed by atoms with Crippen molar-refractivity contribution in [2.45, 2.75) is 6.92 Å². The first-order valence-corrected chi connectivity index (χ1v) is 5.50. The molecule has 1 heterocycles. The van der Waals surface area contributed by atoms with Gasteiger partial charge in [0.05, 0.1) is 24.0 Å². The van der Waals surface area contributed by atoms with Crippen LogP contribution < -0.4 is 10.6 Å². The zero-order chi connectivity index (χ0) is 13.0. The predicted molar refractivity (Wildman–Crippen MR) is 70.8 cm³/mol. The van der Waals surface area contributed by atoms with Crippen LogP contribution in [0.15, 0.2) is 30.6 Å². The molecule has 2 aromatic rings. The Morgan fingerprint density at radius 1 is 1.22 bits per heavy atom. The highest BCUT2D eigenvalue weighted by molar-refractivity contribution is 5.62. The van der Waals surface area contributed by atoms with Crippen molar-refractivity contribution in [1.82, 2.24) is 9.97 Å². The summed E-state index contributed by atoms with van der Waals surface area (Å²) in [7, 11) is 1.79. The van der Waals surface area contributed by atoms with Crippen molar-refractivity contribution in [2.75, 3.05) is 17.7 Å². The lowest BCUT2D eigenvalue weighted by Crippen LogP contribution is -2.00. The zero-order valence-corrected chi connectivity index (χ0v) is 10.2. The van der Waals surface area contributed by atoms with Crippen LogP contribution in [-0.2, 0) is 0 Å². The Morgan fingerprint density at radius 3 is 2.72 bits per heavy atom. The molecule has 0 atom stereocenters. The number of nitriles is 1. The van der Waals surface area contributed by atoms with Crippen molar-refractivity contribution < 1.29 is 0 Å². The fraction of sp³-hybridized carbons (Fsp3) is 0.154. The molecule has 0 fully saturated rings. The Labute approximate surface area is 106 Å². The van der Waals surface area contributed by atoms with Crippen LogP contribution >= 0.6 is 0 Å². The molecule has 2 rings (SSSR count). The molecule has 0 aliphatic heterocycles. The monoisotopic (exact) mass is 239 g/mol. The number of nitrogens with zero attached hydrogens (tertiary/aromatic N) is 3. The van der Waals surface area contributed by atoms with E-state index in [2.05, 4.69) is 26.7 Å². The van der Waals surface area contributed by atoms with Gasteiger partial charge in [-0.15, -0.1) is 0 Å². The highest BCUT2D eigenvalue weighted by Crippen LogP contribution is 2.20. The molecule has 0 saturated heterocycles. The van der Waals surface area contributed by atoms with Gasteiger partial charge in [0.1, 0.15) is 5.82 Å². The van der Waals surface area contributed by atoms with Crippen molar-refractivity contribution in [1.29, 1.82) is 5.26 Å². The van der Waals surface area contributed by atoms with Crippen LogP contribution in [0.5, 0.6) is 0 Å². The van der Waals surface area contributed by atoms with Gasteiger partial charge in [0.2, 0.25) is 0 Å². The molecule has 0 saturated carbocycles. The van der Waals surface area contributed by atoms with Crippen LogP contribution in [0.1, 0.15) is 11.1 Å². The SMILES string of the molecule is CNc1cncc(Nc2cc(C#N)ccc2C)n1. The number of aromatic nitrogens is 2. The lowest BCUT2D eigenvalue weighted by molar-refractivity contribution is 1.18. The molecule has 18 heavy (non-hydrogen) atoms. The van der Waals surface area contributed by atoms with Gasteiger partial charge < -0.3 is 10.6 Å². The van der Waals surface area contributed by atoms with Crippen molar-refractivity contribution >= 4 is 17.3 Å². The topological polar surface area (TPSA) is 73.6 Å². The summed E-state index contributed by atoms with van der Waals surface area (Å²) in [5.41, 5.74) is 2.52. The number of aryl methyl sites for hydroxylation is 1. The van der Waals surface area contributed by atoms with Gasteiger partial charge in [-0.1, -0.05) is 6.07 Å². The van der Waals surface area contributed by atoms with Crippen LogP contribution in [0.4, 0.5) is 17.3 Å². The Morgan fingerprint density at radius 2 is 2.00 bits per heavy atom. The number of benzene rings is 1. The molecule has 2 N–H and O–H groups in total. The molecule has 1 aromatic carbocycles. The molecule has 5 nitrogen and oxygen atoms in total. The average molecular weight is 239 g/mol. The molecule has 0 amide bonds. The third kappa shape index (κ3) is 2.55. The van der Waals surface area contributed by atoms with Gasteiger partial charge in [-0.2, -0.15) is 5.26 Å². The second-order valence-corrected chi connectivity index (χ2v) is 3.81. The van der Waals surface area contributed by atoms with E-state index in [0.29, 0.717) is 17.2 Å². The Bertz CT molecular complexity index is 601. The van der Waals surface area contributed by atoms with Crippen LogP contribution in [0.2, 0.25) is 0 Å². The average Bonchev–Trinajstić information content (AvgIpc) is 2.41. The largest absolute Gasteiger partial charge is 0.372 e. The minimum Gasteiger partial charge on any atom is -0.372 e. The molecular formula is C13H13N5. The Hall–Kier alpha value is -2.61. The van der Waals surface area contributed by atoms with Gasteiger partial charge in [0.15, 0.2) is 5.82 Å². The first-order valence-electron chi connectivity index (χ1n) is 5.50. The number of hydrogen-bond acceptors (Lipinski definition) is 5. The van der Waals surface area contributed by atoms with Crippen molar-refractivity contribution in [3.05, 3.63) is 41.7 Å². The van der Waals surface area contributed by atoms with Gasteiger partial charge >= 0.3 is 0 Å². The summed E-state index contributed by atoms with van der Waals surface area (Å²) in [6.45, 7) is 1.97. The van der Waals surface area contributed by atoms with Gasteiger partial charge in [-0.05, 0) is 24.6 Å². The molecule has 0 radical (unpaired) electrons. The minimum atomic E-state index is 0.612. The van der Waals surface area contributed by atoms with Crippen molar-refractivity contribution in [3.63, 3.8) is 0 Å². The summed E-state index contributed by atoms with van der Waals surface area (Å²) in [4.78, 5) is 8.39. The van der Waals surface area contributed by atoms with Crippen LogP contribution in [0.25, 0.3) is 0 Å². The fourth-order valence-corrected chi connectivity index (χ4v) is 1.51. The first-order chi connectivity index (χ1) is 8.72. The van der Waals surface area contributed by atoms with E-state index in [9.17, 15) is 0 Å². The molecule has 1 aromatic heterocycles. The summed E-state index contributed by atoms with van der Waals surface area (Å²) in [5, 5.41) is 15.0. The van der Waals surface area contributed by atoms with Gasteiger partial charge in [-0.25, -0.2) is 4.98 Å². The standard InChI is InChI=1S/C13H13N5/c1-9-3-4-10(6-14)5-11(9)17-13-8-16-7-12(15-2)18-13/h3-5,7-8H,1-2H3,(H2,15,17,18). The second kappa shape index (κ2) is 5.15. The molecule has 0 aliphatic rings. The number of anilines is 3. The zero-order valence-electron chi connectivity index (χ0n) is 10.2. The molecular weight excluding hydrogens is 226 g/mol. The summed E-state index contributed by atoms with van der Waals surface area (Å²) in [6.07, 6.45) is 3.28. The van der Waals surface area contributed by atoms with E-state index in [0.717, 1.165) is 11.3 Å². The van der Waals surface area contributed by atoms with E-state index in [4.69, 9.17) is 5.26 Å². The number of nitrogens with one attached hydrogen (secondary N) is 2. The maximum absolute atomic E-state index is 8.89. The van der Waals surface area contributed by atoms with Crippen molar-refractivity contribution in [3.8, 4) is 6.07 Å². The Balaban J connectivity index is 2.30. The highest BCUT2D eigenvalue weighted by atomic mass is 15.1. The fourth-order valence-electron chi connectivity index (χ4n) is 1.51. The molecule has 0 aliphatic carbocycles. The van der Waals surface area contributed by atoms with E-state index in [-0.39, 0.29) is 0 Å². The van der Waals surface area contributed by atoms with Gasteiger partial charge in [-0.3, -0.25) is 4.98 Å². The predicted octanol–water partition coefficient (Wildman–Crippen LogP) is 2.44. The molecule has 0 unspecified atom stereocenters. The lowest BCUT2D eigenvalue weighted by Gasteiger charge is -2.09. The van der Waals surface area contributed by atoms with Crippen LogP contribution in [-0.4, -0.2) is 17.0 Å². The molecule has 5 heteroatoms. The van der Waals surface area contributed by atoms with E-state index >= 15 is 0 Å². The summed E-state index contributed by atoms with van der Waals surface area (Å²) < 4.78 is 0. The van der Waals surface area contributed by atoms with E-state index < -0.39 is 0 Å². The highest BCUT2D eigenvalue weighted by Gasteiger charge is 2.03. The van der Waals surface area contributed by atoms with E-state index in [1.807, 2.05) is 13.0 Å². The lowest BCUT2D eigenvalue weighted by atomic mass is 10.1. The molecule has 90 valence electrons. The summed E-state index contributed by atoms with van der Waals surface area (Å²) in [6, 6.07) is 7.60. The maximum Gasteiger partial charge on any atom is 0.151 e. The van der Waals surface area contributed by atoms with E-state index in [1.165, 1.54) is 0 Å². The normalized spacial score (nSPS) is 9.61. The van der Waals surface area contributed by atoms with E-state index in [1.54, 1.807) is 31.6 Å². The minimum absolute atomic E-state index is 0.612. The van der Waals surface area contributed by atoms with Gasteiger partial charge in [0, 0.05) is 12.7 Å². The first kappa shape index (κ1) is 11.9. The third-order valence-corrected chi connectivity index (χ3v) is 2.52. The van der Waals surface area contributed by atoms with Crippen molar-refractivity contribution in [2.24, 2.45) is 0 Å². The quantitative estimate of drug-likeness (QED) is 0.860. The number of rotatable bonds is 3.